The first-order chi connectivity index (χ1) is 8.97. The van der Waals surface area contributed by atoms with Crippen LogP contribution in [0.1, 0.15) is 13.3 Å². The predicted molar refractivity (Wildman–Crippen MR) is 90.0 cm³/mol. The zero-order valence-corrected chi connectivity index (χ0v) is 16.6. The van der Waals surface area contributed by atoms with Crippen molar-refractivity contribution in [1.82, 2.24) is 4.90 Å². The Hall–Kier alpha value is -0.176. The number of hydrogen-bond donors (Lipinski definition) is 0. The number of carbonyl (C=O) groups is 1. The van der Waals surface area contributed by atoms with Crippen molar-refractivity contribution < 1.29 is 13.6 Å². The zero-order valence-electron chi connectivity index (χ0n) is 14.6. The number of nitrogens with zero attached hydrogens (tertiary/aromatic N) is 1. The van der Waals surface area contributed by atoms with Gasteiger partial charge >= 0.3 is 0 Å². The topological polar surface area (TPSA) is 38.8 Å². The molecule has 6 heteroatoms. The molecule has 0 spiro atoms. The zero-order chi connectivity index (χ0) is 16.0. The molecule has 0 aromatic rings. The van der Waals surface area contributed by atoms with Gasteiger partial charge in [-0.05, 0) is 58.8 Å². The molecule has 0 aromatic carbocycles. The molecule has 0 N–H and O–H groups in total. The number of hydrogen-bond acceptors (Lipinski definition) is 4. The Balaban J connectivity index is 4.02. The molecular formula is C14H33NO3Si2. The third kappa shape index (κ3) is 9.68. The SMILES string of the molecule is CO[Si](C)(C)CCCN(C)CC(C)C(=O)O[Si](C)(C)C. The Labute approximate surface area is 127 Å². The molecule has 0 aliphatic heterocycles. The van der Waals surface area contributed by atoms with E-state index in [9.17, 15) is 4.79 Å². The fourth-order valence-corrected chi connectivity index (χ4v) is 3.93. The van der Waals surface area contributed by atoms with Crippen molar-refractivity contribution in [3.8, 4) is 0 Å². The minimum Gasteiger partial charge on any atom is -0.520 e. The quantitative estimate of drug-likeness (QED) is 0.612. The molecule has 1 unspecified atom stereocenters. The van der Waals surface area contributed by atoms with E-state index < -0.39 is 16.6 Å². The largest absolute Gasteiger partial charge is 0.520 e. The molecule has 0 fully saturated rings. The summed E-state index contributed by atoms with van der Waals surface area (Å²) in [5.74, 6) is -0.109. The molecule has 0 rings (SSSR count). The Morgan fingerprint density at radius 3 is 2.20 bits per heavy atom. The summed E-state index contributed by atoms with van der Waals surface area (Å²) < 4.78 is 11.1. The smallest absolute Gasteiger partial charge is 0.296 e. The van der Waals surface area contributed by atoms with Crippen molar-refractivity contribution in [3.05, 3.63) is 0 Å². The van der Waals surface area contributed by atoms with E-state index in [0.717, 1.165) is 25.6 Å². The van der Waals surface area contributed by atoms with Crippen molar-refractivity contribution in [3.63, 3.8) is 0 Å². The van der Waals surface area contributed by atoms with Gasteiger partial charge in [-0.25, -0.2) is 0 Å². The predicted octanol–water partition coefficient (Wildman–Crippen LogP) is 3.17. The summed E-state index contributed by atoms with van der Waals surface area (Å²) in [6.45, 7) is 14.3. The van der Waals surface area contributed by atoms with E-state index >= 15 is 0 Å². The third-order valence-corrected chi connectivity index (χ3v) is 6.74. The second kappa shape index (κ2) is 8.31. The van der Waals surface area contributed by atoms with Crippen LogP contribution < -0.4 is 0 Å². The Bertz CT molecular complexity index is 303. The molecule has 0 heterocycles. The fourth-order valence-electron chi connectivity index (χ4n) is 1.91. The second-order valence-electron chi connectivity index (χ2n) is 7.26. The van der Waals surface area contributed by atoms with Crippen molar-refractivity contribution in [1.29, 1.82) is 0 Å². The molecule has 0 aliphatic carbocycles. The van der Waals surface area contributed by atoms with Crippen LogP contribution in [0.4, 0.5) is 0 Å². The summed E-state index contributed by atoms with van der Waals surface area (Å²) >= 11 is 0. The van der Waals surface area contributed by atoms with Crippen molar-refractivity contribution in [2.24, 2.45) is 5.92 Å². The normalized spacial score (nSPS) is 14.4. The van der Waals surface area contributed by atoms with E-state index in [1.165, 1.54) is 0 Å². The van der Waals surface area contributed by atoms with Crippen LogP contribution in [0, 0.1) is 5.92 Å². The summed E-state index contributed by atoms with van der Waals surface area (Å²) in [6, 6.07) is 1.15. The monoisotopic (exact) mass is 319 g/mol. The van der Waals surface area contributed by atoms with Gasteiger partial charge in [-0.15, -0.1) is 0 Å². The Kier molecular flexibility index (Phi) is 8.24. The Morgan fingerprint density at radius 2 is 1.75 bits per heavy atom. The maximum atomic E-state index is 11.9. The molecule has 0 radical (unpaired) electrons. The van der Waals surface area contributed by atoms with Crippen molar-refractivity contribution >= 4 is 22.6 Å². The van der Waals surface area contributed by atoms with E-state index in [0.29, 0.717) is 0 Å². The lowest BCUT2D eigenvalue weighted by Crippen LogP contribution is -2.37. The molecule has 0 saturated carbocycles. The summed E-state index contributed by atoms with van der Waals surface area (Å²) in [5, 5.41) is 0. The van der Waals surface area contributed by atoms with Crippen molar-refractivity contribution in [2.75, 3.05) is 27.2 Å². The van der Waals surface area contributed by atoms with Gasteiger partial charge in [0.05, 0.1) is 5.92 Å². The lowest BCUT2D eigenvalue weighted by molar-refractivity contribution is -0.139. The van der Waals surface area contributed by atoms with Crippen LogP contribution in [0.2, 0.25) is 38.8 Å². The van der Waals surface area contributed by atoms with Crippen LogP contribution in [0.25, 0.3) is 0 Å². The highest BCUT2D eigenvalue weighted by Gasteiger charge is 2.25. The highest BCUT2D eigenvalue weighted by molar-refractivity contribution is 6.71. The average molecular weight is 320 g/mol. The highest BCUT2D eigenvalue weighted by atomic mass is 28.4. The number of rotatable bonds is 9. The van der Waals surface area contributed by atoms with Gasteiger partial charge in [-0.2, -0.15) is 0 Å². The fraction of sp³-hybridized carbons (Fsp3) is 0.929. The first-order valence-electron chi connectivity index (χ1n) is 7.43. The lowest BCUT2D eigenvalue weighted by atomic mass is 10.2. The van der Waals surface area contributed by atoms with E-state index in [4.69, 9.17) is 8.85 Å². The average Bonchev–Trinajstić information content (AvgIpc) is 2.26. The van der Waals surface area contributed by atoms with Crippen LogP contribution in [0.15, 0.2) is 0 Å². The van der Waals surface area contributed by atoms with Crippen LogP contribution in [-0.4, -0.2) is 54.8 Å². The molecular weight excluding hydrogens is 286 g/mol. The van der Waals surface area contributed by atoms with Gasteiger partial charge in [0.2, 0.25) is 8.32 Å². The first kappa shape index (κ1) is 19.8. The molecule has 4 nitrogen and oxygen atoms in total. The van der Waals surface area contributed by atoms with Gasteiger partial charge < -0.3 is 13.8 Å². The van der Waals surface area contributed by atoms with Crippen LogP contribution in [0.3, 0.4) is 0 Å². The van der Waals surface area contributed by atoms with Crippen LogP contribution in [-0.2, 0) is 13.6 Å². The number of carbonyl (C=O) groups excluding carboxylic acids is 1. The van der Waals surface area contributed by atoms with Gasteiger partial charge in [0.1, 0.15) is 0 Å². The van der Waals surface area contributed by atoms with E-state index in [1.807, 2.05) is 33.7 Å². The van der Waals surface area contributed by atoms with E-state index in [-0.39, 0.29) is 11.9 Å². The van der Waals surface area contributed by atoms with E-state index in [2.05, 4.69) is 25.0 Å². The summed E-state index contributed by atoms with van der Waals surface area (Å²) in [4.78, 5) is 14.2. The highest BCUT2D eigenvalue weighted by Crippen LogP contribution is 2.13. The molecule has 0 aromatic heterocycles. The van der Waals surface area contributed by atoms with Gasteiger partial charge in [0.25, 0.3) is 5.97 Å². The second-order valence-corrected chi connectivity index (χ2v) is 16.1. The first-order valence-corrected chi connectivity index (χ1v) is 14.0. The maximum absolute atomic E-state index is 11.9. The minimum absolute atomic E-state index is 0.0531. The molecule has 0 aliphatic rings. The molecule has 20 heavy (non-hydrogen) atoms. The summed E-state index contributed by atoms with van der Waals surface area (Å²) in [7, 11) is 0.660. The standard InChI is InChI=1S/C14H33NO3Si2/c1-13(14(16)18-19(4,5)6)12-15(2)10-9-11-20(7,8)17-3/h13H,9-12H2,1-8H3. The molecule has 0 amide bonds. The molecule has 0 saturated heterocycles. The van der Waals surface area contributed by atoms with Gasteiger partial charge in [-0.3, -0.25) is 4.79 Å². The van der Waals surface area contributed by atoms with Gasteiger partial charge in [0.15, 0.2) is 8.32 Å². The summed E-state index contributed by atoms with van der Waals surface area (Å²) in [6.07, 6.45) is 1.12. The Morgan fingerprint density at radius 1 is 1.20 bits per heavy atom. The van der Waals surface area contributed by atoms with E-state index in [1.54, 1.807) is 0 Å². The third-order valence-electron chi connectivity index (χ3n) is 3.27. The molecule has 1 atom stereocenters. The van der Waals surface area contributed by atoms with Crippen molar-refractivity contribution in [2.45, 2.75) is 52.1 Å². The van der Waals surface area contributed by atoms with Gasteiger partial charge in [0, 0.05) is 13.7 Å². The molecule has 120 valence electrons. The maximum Gasteiger partial charge on any atom is 0.296 e. The van der Waals surface area contributed by atoms with Crippen LogP contribution in [0.5, 0.6) is 0 Å². The lowest BCUT2D eigenvalue weighted by Gasteiger charge is -2.25. The van der Waals surface area contributed by atoms with Gasteiger partial charge in [-0.1, -0.05) is 6.92 Å². The summed E-state index contributed by atoms with van der Waals surface area (Å²) in [5.41, 5.74) is 0. The minimum atomic E-state index is -1.77. The molecule has 0 bridgehead atoms. The van der Waals surface area contributed by atoms with Crippen LogP contribution >= 0.6 is 0 Å².